The van der Waals surface area contributed by atoms with E-state index in [1.54, 1.807) is 0 Å². The number of hydrazine groups is 1. The number of anilines is 2. The summed E-state index contributed by atoms with van der Waals surface area (Å²) in [4.78, 5) is 46.2. The normalized spacial score (nSPS) is 14.6. The molecule has 15 nitrogen and oxygen atoms in total. The van der Waals surface area contributed by atoms with Crippen molar-refractivity contribution >= 4 is 28.9 Å². The van der Waals surface area contributed by atoms with Crippen LogP contribution in [0.3, 0.4) is 0 Å². The number of nitro benzene ring substituents is 1. The Balaban J connectivity index is 1.19. The average Bonchev–Trinajstić information content (AvgIpc) is 3.40. The van der Waals surface area contributed by atoms with Gasteiger partial charge in [0.25, 0.3) is 5.69 Å². The van der Waals surface area contributed by atoms with Crippen LogP contribution in [0.15, 0.2) is 48.8 Å². The lowest BCUT2D eigenvalue weighted by Crippen LogP contribution is -2.46. The molecule has 0 bridgehead atoms. The van der Waals surface area contributed by atoms with Crippen molar-refractivity contribution in [3.8, 4) is 11.5 Å². The molecule has 2 aliphatic heterocycles. The number of carbonyl (C=O) groups is 1. The van der Waals surface area contributed by atoms with Crippen molar-refractivity contribution in [2.75, 3.05) is 43.3 Å². The average molecular weight is 537 g/mol. The summed E-state index contributed by atoms with van der Waals surface area (Å²) in [7, 11) is 0. The van der Waals surface area contributed by atoms with Gasteiger partial charge in [-0.3, -0.25) is 40.8 Å². The third kappa shape index (κ3) is 5.93. The van der Waals surface area contributed by atoms with Crippen molar-refractivity contribution in [3.63, 3.8) is 0 Å². The van der Waals surface area contributed by atoms with E-state index < -0.39 is 15.8 Å². The van der Waals surface area contributed by atoms with Crippen LogP contribution < -0.4 is 25.2 Å². The molecule has 202 valence electrons. The first-order chi connectivity index (χ1) is 18.9. The lowest BCUT2D eigenvalue weighted by atomic mass is 10.1. The monoisotopic (exact) mass is 536 g/mol. The van der Waals surface area contributed by atoms with Crippen molar-refractivity contribution < 1.29 is 24.1 Å². The fraction of sp³-hybridized carbons (Fsp3) is 0.292. The van der Waals surface area contributed by atoms with E-state index in [0.717, 1.165) is 17.1 Å². The number of benzene rings is 2. The zero-order chi connectivity index (χ0) is 27.4. The van der Waals surface area contributed by atoms with E-state index in [1.165, 1.54) is 30.6 Å². The molecule has 0 aliphatic carbocycles. The van der Waals surface area contributed by atoms with Crippen LogP contribution in [0.1, 0.15) is 11.1 Å². The van der Waals surface area contributed by atoms with Gasteiger partial charge in [-0.25, -0.2) is 9.97 Å². The molecular weight excluding hydrogens is 512 g/mol. The van der Waals surface area contributed by atoms with Crippen molar-refractivity contribution in [1.82, 2.24) is 20.3 Å². The summed E-state index contributed by atoms with van der Waals surface area (Å²) < 4.78 is 10.8. The topological polar surface area (TPSA) is 178 Å². The van der Waals surface area contributed by atoms with Gasteiger partial charge >= 0.3 is 5.69 Å². The lowest BCUT2D eigenvalue weighted by molar-refractivity contribution is -0.384. The van der Waals surface area contributed by atoms with Crippen LogP contribution >= 0.6 is 0 Å². The standard InChI is InChI=1S/C24H24N8O7/c33-21(12-16-1-4-18(5-2-16)31(34)35)27-28-23-22(32(36)37)24(26-14-25-23)30-9-7-29(8-10-30)13-17-3-6-19-20(11-17)39-15-38-19/h1-6,11,14H,7-10,12-13,15H2,(H,27,33)(H,25,26,28). The number of nitrogens with zero attached hydrogens (tertiary/aromatic N) is 6. The van der Waals surface area contributed by atoms with Gasteiger partial charge in [0.1, 0.15) is 6.33 Å². The van der Waals surface area contributed by atoms with Gasteiger partial charge in [-0.15, -0.1) is 0 Å². The van der Waals surface area contributed by atoms with Gasteiger partial charge < -0.3 is 14.4 Å². The molecule has 0 unspecified atom stereocenters. The van der Waals surface area contributed by atoms with Crippen LogP contribution in [0.5, 0.6) is 11.5 Å². The molecule has 2 N–H and O–H groups in total. The Labute approximate surface area is 221 Å². The second kappa shape index (κ2) is 11.1. The Hall–Kier alpha value is -5.05. The molecular formula is C24H24N8O7. The number of piperazine rings is 1. The van der Waals surface area contributed by atoms with E-state index in [-0.39, 0.29) is 36.2 Å². The SMILES string of the molecule is O=C(Cc1ccc([N+](=O)[O-])cc1)NNc1ncnc(N2CCN(Cc3ccc4c(c3)OCO4)CC2)c1[N+](=O)[O-]. The Kier molecular flexibility index (Phi) is 7.31. The number of amides is 1. The summed E-state index contributed by atoms with van der Waals surface area (Å²) in [6, 6.07) is 11.4. The number of rotatable bonds is 9. The minimum absolute atomic E-state index is 0.0878. The number of fused-ring (bicyclic) bond motifs is 1. The number of nitrogens with one attached hydrogen (secondary N) is 2. The highest BCUT2D eigenvalue weighted by molar-refractivity contribution is 5.81. The number of hydrogen-bond acceptors (Lipinski definition) is 12. The molecule has 3 heterocycles. The van der Waals surface area contributed by atoms with Gasteiger partial charge in [0.2, 0.25) is 24.3 Å². The molecule has 1 aromatic heterocycles. The van der Waals surface area contributed by atoms with Crippen LogP contribution in [-0.4, -0.2) is 63.6 Å². The van der Waals surface area contributed by atoms with E-state index in [1.807, 2.05) is 23.1 Å². The van der Waals surface area contributed by atoms with Gasteiger partial charge in [0.15, 0.2) is 11.5 Å². The number of carbonyl (C=O) groups excluding carboxylic acids is 1. The third-order valence-electron chi connectivity index (χ3n) is 6.33. The predicted octanol–water partition coefficient (Wildman–Crippen LogP) is 2.03. The van der Waals surface area contributed by atoms with Crippen molar-refractivity contribution in [2.45, 2.75) is 13.0 Å². The molecule has 2 aliphatic rings. The Morgan fingerprint density at radius 2 is 1.64 bits per heavy atom. The second-order valence-corrected chi connectivity index (χ2v) is 8.88. The summed E-state index contributed by atoms with van der Waals surface area (Å²) in [5.74, 6) is 0.958. The summed E-state index contributed by atoms with van der Waals surface area (Å²) >= 11 is 0. The zero-order valence-electron chi connectivity index (χ0n) is 20.6. The maximum atomic E-state index is 12.4. The molecule has 2 aromatic carbocycles. The fourth-order valence-electron chi connectivity index (χ4n) is 4.37. The Morgan fingerprint density at radius 3 is 2.36 bits per heavy atom. The first kappa shape index (κ1) is 25.6. The van der Waals surface area contributed by atoms with E-state index >= 15 is 0 Å². The largest absolute Gasteiger partial charge is 0.454 e. The minimum Gasteiger partial charge on any atom is -0.454 e. The summed E-state index contributed by atoms with van der Waals surface area (Å²) in [6.07, 6.45) is 1.11. The molecule has 15 heteroatoms. The van der Waals surface area contributed by atoms with Gasteiger partial charge in [0, 0.05) is 44.9 Å². The van der Waals surface area contributed by atoms with Gasteiger partial charge in [-0.05, 0) is 23.3 Å². The molecule has 0 atom stereocenters. The van der Waals surface area contributed by atoms with Crippen LogP contribution in [0.25, 0.3) is 0 Å². The van der Waals surface area contributed by atoms with Gasteiger partial charge in [-0.1, -0.05) is 18.2 Å². The van der Waals surface area contributed by atoms with E-state index in [9.17, 15) is 25.0 Å². The number of hydrogen-bond donors (Lipinski definition) is 2. The van der Waals surface area contributed by atoms with E-state index in [0.29, 0.717) is 38.3 Å². The highest BCUT2D eigenvalue weighted by Gasteiger charge is 2.29. The molecule has 39 heavy (non-hydrogen) atoms. The number of aromatic nitrogens is 2. The van der Waals surface area contributed by atoms with Crippen molar-refractivity contribution in [2.24, 2.45) is 0 Å². The van der Waals surface area contributed by atoms with Crippen LogP contribution in [-0.2, 0) is 17.8 Å². The molecule has 5 rings (SSSR count). The van der Waals surface area contributed by atoms with Crippen LogP contribution in [0, 0.1) is 20.2 Å². The van der Waals surface area contributed by atoms with Crippen LogP contribution in [0.2, 0.25) is 0 Å². The van der Waals surface area contributed by atoms with E-state index in [2.05, 4.69) is 25.7 Å². The molecule has 0 spiro atoms. The zero-order valence-corrected chi connectivity index (χ0v) is 20.6. The quantitative estimate of drug-likeness (QED) is 0.301. The maximum Gasteiger partial charge on any atom is 0.355 e. The highest BCUT2D eigenvalue weighted by Crippen LogP contribution is 2.34. The third-order valence-corrected chi connectivity index (χ3v) is 6.33. The number of nitro groups is 2. The Morgan fingerprint density at radius 1 is 0.923 bits per heavy atom. The minimum atomic E-state index is -0.584. The first-order valence-electron chi connectivity index (χ1n) is 12.0. The van der Waals surface area contributed by atoms with Crippen molar-refractivity contribution in [1.29, 1.82) is 0 Å². The molecule has 0 saturated carbocycles. The number of ether oxygens (including phenoxy) is 2. The Bertz CT molecular complexity index is 1390. The molecule has 1 amide bonds. The summed E-state index contributed by atoms with van der Waals surface area (Å²) in [5.41, 5.74) is 6.11. The molecule has 3 aromatic rings. The molecule has 0 radical (unpaired) electrons. The summed E-state index contributed by atoms with van der Waals surface area (Å²) in [5, 5.41) is 22.7. The second-order valence-electron chi connectivity index (χ2n) is 8.88. The fourth-order valence-corrected chi connectivity index (χ4v) is 4.37. The smallest absolute Gasteiger partial charge is 0.355 e. The lowest BCUT2D eigenvalue weighted by Gasteiger charge is -2.35. The van der Waals surface area contributed by atoms with E-state index in [4.69, 9.17) is 9.47 Å². The van der Waals surface area contributed by atoms with Crippen molar-refractivity contribution in [3.05, 3.63) is 80.1 Å². The van der Waals surface area contributed by atoms with Gasteiger partial charge in [0.05, 0.1) is 16.3 Å². The molecule has 1 saturated heterocycles. The maximum absolute atomic E-state index is 12.4. The van der Waals surface area contributed by atoms with Crippen LogP contribution in [0.4, 0.5) is 23.0 Å². The summed E-state index contributed by atoms with van der Waals surface area (Å²) in [6.45, 7) is 3.25. The van der Waals surface area contributed by atoms with Gasteiger partial charge in [-0.2, -0.15) is 0 Å². The molecule has 1 fully saturated rings. The highest BCUT2D eigenvalue weighted by atomic mass is 16.7. The first-order valence-corrected chi connectivity index (χ1v) is 12.0. The number of non-ortho nitro benzene ring substituents is 1. The predicted molar refractivity (Wildman–Crippen MR) is 137 cm³/mol.